The molecule has 2 aliphatic heterocycles. The number of nitrogens with two attached hydrogens (primary N) is 2. The average molecular weight is 824 g/mol. The van der Waals surface area contributed by atoms with Crippen molar-refractivity contribution in [2.45, 2.75) is 62.1 Å². The normalized spacial score (nSPS) is 22.4. The Labute approximate surface area is 342 Å². The van der Waals surface area contributed by atoms with Crippen molar-refractivity contribution in [1.82, 2.24) is 40.0 Å². The Morgan fingerprint density at radius 1 is 0.950 bits per heavy atom. The number of anilines is 3. The number of carbonyl (C=O) groups excluding carboxylic acids is 4. The molecule has 5 aromatic rings. The third kappa shape index (κ3) is 8.76. The molecule has 314 valence electrons. The summed E-state index contributed by atoms with van der Waals surface area (Å²) in [6.07, 6.45) is 2.54. The van der Waals surface area contributed by atoms with Gasteiger partial charge in [0.1, 0.15) is 29.7 Å². The number of aliphatic hydroxyl groups excluding tert-OH is 2. The molecule has 6 atom stereocenters. The largest absolute Gasteiger partial charge is 0.508 e. The molecule has 0 radical (unpaired) electrons. The number of amides is 7. The number of urea groups is 3. The lowest BCUT2D eigenvalue weighted by Gasteiger charge is -2.24. The van der Waals surface area contributed by atoms with Gasteiger partial charge in [-0.3, -0.25) is 14.7 Å². The zero-order valence-corrected chi connectivity index (χ0v) is 32.3. The van der Waals surface area contributed by atoms with Crippen LogP contribution in [0.5, 0.6) is 11.5 Å². The van der Waals surface area contributed by atoms with Gasteiger partial charge in [-0.25, -0.2) is 19.4 Å². The zero-order valence-electron chi connectivity index (χ0n) is 32.3. The number of nitrogens with one attached hydrogen (secondary N) is 4. The predicted molar refractivity (Wildman–Crippen MR) is 217 cm³/mol. The van der Waals surface area contributed by atoms with E-state index < -0.39 is 48.3 Å². The van der Waals surface area contributed by atoms with Gasteiger partial charge in [0, 0.05) is 37.8 Å². The molecule has 0 bridgehead atoms. The van der Waals surface area contributed by atoms with Gasteiger partial charge in [0.2, 0.25) is 5.95 Å². The Kier molecular flexibility index (Phi) is 11.8. The lowest BCUT2D eigenvalue weighted by Crippen LogP contribution is -2.47. The van der Waals surface area contributed by atoms with Crippen molar-refractivity contribution in [3.63, 3.8) is 0 Å². The first-order chi connectivity index (χ1) is 28.8. The van der Waals surface area contributed by atoms with Crippen molar-refractivity contribution in [3.05, 3.63) is 90.5 Å². The number of imide groups is 1. The quantitative estimate of drug-likeness (QED) is 0.0888. The molecule has 1 aliphatic carbocycles. The van der Waals surface area contributed by atoms with Gasteiger partial charge in [0.15, 0.2) is 17.0 Å². The second-order valence-electron chi connectivity index (χ2n) is 14.7. The molecule has 0 spiro atoms. The van der Waals surface area contributed by atoms with Crippen LogP contribution in [0.3, 0.4) is 0 Å². The van der Waals surface area contributed by atoms with E-state index in [4.69, 9.17) is 14.8 Å². The number of fused-ring (bicyclic) bond motifs is 1. The van der Waals surface area contributed by atoms with Crippen LogP contribution in [0.4, 0.5) is 31.8 Å². The van der Waals surface area contributed by atoms with Crippen LogP contribution in [-0.4, -0.2) is 124 Å². The van der Waals surface area contributed by atoms with Gasteiger partial charge in [0.25, 0.3) is 5.91 Å². The van der Waals surface area contributed by atoms with Crippen LogP contribution in [0, 0.1) is 0 Å². The molecule has 3 aromatic heterocycles. The Bertz CT molecular complexity index is 2300. The van der Waals surface area contributed by atoms with E-state index in [1.807, 2.05) is 29.2 Å². The number of imidazole rings is 1. The van der Waals surface area contributed by atoms with Crippen molar-refractivity contribution in [2.24, 2.45) is 11.5 Å². The van der Waals surface area contributed by atoms with Crippen molar-refractivity contribution >= 4 is 52.6 Å². The Hall–Kier alpha value is -7.26. The van der Waals surface area contributed by atoms with Crippen molar-refractivity contribution in [2.75, 3.05) is 35.2 Å². The molecule has 21 nitrogen and oxygen atoms in total. The van der Waals surface area contributed by atoms with Crippen LogP contribution in [-0.2, 0) is 4.79 Å². The van der Waals surface area contributed by atoms with E-state index in [-0.39, 0.29) is 35.9 Å². The molecule has 60 heavy (non-hydrogen) atoms. The number of aliphatic hydroxyl groups is 2. The number of aromatic nitrogens is 5. The summed E-state index contributed by atoms with van der Waals surface area (Å²) in [5.74, 6) is 0.211. The lowest BCUT2D eigenvalue weighted by atomic mass is 9.91. The minimum absolute atomic E-state index is 0.0489. The topological polar surface area (TPSA) is 312 Å². The van der Waals surface area contributed by atoms with E-state index in [1.165, 1.54) is 6.33 Å². The number of pyridine rings is 1. The third-order valence-corrected chi connectivity index (χ3v) is 10.7. The number of carbonyl (C=O) groups is 4. The molecule has 21 heteroatoms. The average Bonchev–Trinajstić information content (AvgIpc) is 3.98. The monoisotopic (exact) mass is 823 g/mol. The van der Waals surface area contributed by atoms with Crippen LogP contribution in [0.25, 0.3) is 11.2 Å². The highest BCUT2D eigenvalue weighted by Crippen LogP contribution is 2.38. The highest BCUT2D eigenvalue weighted by Gasteiger charge is 2.51. The Morgan fingerprint density at radius 3 is 2.20 bits per heavy atom. The fraction of sp³-hybridized carbons (Fsp3) is 0.333. The molecular weight excluding hydrogens is 779 g/mol. The van der Waals surface area contributed by atoms with E-state index in [1.54, 1.807) is 60.3 Å². The number of hydrogen-bond donors (Lipinski definition) is 10. The second-order valence-corrected chi connectivity index (χ2v) is 14.7. The van der Waals surface area contributed by atoms with E-state index >= 15 is 0 Å². The first-order valence-electron chi connectivity index (χ1n) is 19.1. The summed E-state index contributed by atoms with van der Waals surface area (Å²) in [7, 11) is 0. The summed E-state index contributed by atoms with van der Waals surface area (Å²) in [5.41, 5.74) is 11.6. The van der Waals surface area contributed by atoms with Gasteiger partial charge in [-0.15, -0.1) is 0 Å². The fourth-order valence-corrected chi connectivity index (χ4v) is 7.76. The van der Waals surface area contributed by atoms with Crippen LogP contribution >= 0.6 is 0 Å². The first kappa shape index (κ1) is 40.9. The number of phenols is 2. The number of benzene rings is 2. The molecular formula is C39H45N13O8. The minimum atomic E-state index is -1.42. The van der Waals surface area contributed by atoms with E-state index in [0.717, 1.165) is 16.0 Å². The van der Waals surface area contributed by atoms with Gasteiger partial charge >= 0.3 is 18.1 Å². The van der Waals surface area contributed by atoms with E-state index in [0.29, 0.717) is 54.7 Å². The summed E-state index contributed by atoms with van der Waals surface area (Å²) >= 11 is 0. The molecule has 1 saturated carbocycles. The molecule has 12 N–H and O–H groups in total. The fourth-order valence-electron chi connectivity index (χ4n) is 7.76. The number of primary amides is 2. The number of rotatable bonds is 10. The highest BCUT2D eigenvalue weighted by molar-refractivity contribution is 6.04. The predicted octanol–water partition coefficient (Wildman–Crippen LogP) is 1.28. The summed E-state index contributed by atoms with van der Waals surface area (Å²) in [4.78, 5) is 68.9. The third-order valence-electron chi connectivity index (χ3n) is 10.7. The molecule has 3 aliphatic rings. The summed E-state index contributed by atoms with van der Waals surface area (Å²) < 4.78 is 1.64. The van der Waals surface area contributed by atoms with Crippen molar-refractivity contribution in [3.8, 4) is 11.5 Å². The van der Waals surface area contributed by atoms with Gasteiger partial charge in [-0.1, -0.05) is 24.3 Å². The summed E-state index contributed by atoms with van der Waals surface area (Å²) in [6, 6.07) is 12.6. The number of hydrogen-bond acceptors (Lipinski definition) is 14. The first-order valence-corrected chi connectivity index (χ1v) is 19.1. The van der Waals surface area contributed by atoms with Crippen LogP contribution in [0.15, 0.2) is 79.4 Å². The van der Waals surface area contributed by atoms with E-state index in [2.05, 4.69) is 42.7 Å². The number of phenolic OH excluding ortho intramolecular Hbond substituents is 2. The smallest absolute Gasteiger partial charge is 0.325 e. The summed E-state index contributed by atoms with van der Waals surface area (Å²) in [6.45, 7) is 2.77. The molecule has 2 saturated heterocycles. The SMILES string of the molecule is C[C@@H]1NC(=O)N([C@H]2C[C@@H](n3cnc4c(NCC(c5ccc(O)cc5)c5ccc(O)cc5)nc(N5CC[C@@H](NC(=O)Nc6cccnc6)C5)nc43)[C@H](O)[C@@H]2O)C1=O.NC(N)=O. The Morgan fingerprint density at radius 2 is 1.60 bits per heavy atom. The maximum absolute atomic E-state index is 12.9. The van der Waals surface area contributed by atoms with Crippen molar-refractivity contribution in [1.29, 1.82) is 0 Å². The minimum Gasteiger partial charge on any atom is -0.508 e. The maximum Gasteiger partial charge on any atom is 0.325 e. The molecule has 3 fully saturated rings. The van der Waals surface area contributed by atoms with Gasteiger partial charge in [-0.2, -0.15) is 9.97 Å². The van der Waals surface area contributed by atoms with Gasteiger partial charge in [0.05, 0.1) is 30.3 Å². The molecule has 2 aromatic carbocycles. The Balaban J connectivity index is 0.00000130. The lowest BCUT2D eigenvalue weighted by molar-refractivity contribution is -0.130. The van der Waals surface area contributed by atoms with Gasteiger partial charge in [-0.05, 0) is 67.3 Å². The standard InChI is InChI=1S/C38H41N11O7.CH4N2O/c1-20-35(54)49(38(56)42-20)29-15-28(31(52)32(29)53)48-19-41-30-33(40-17-27(21-4-8-25(50)9-5-21)22-6-10-26(51)11-7-22)45-36(46-34(30)48)47-14-12-24(18-47)44-37(55)43-23-3-2-13-39-16-23;2-1(3)4/h2-11,13,16,19-20,24,27-29,31-32,50-53H,12,14-15,17-18H2,1H3,(H,42,56)(H,40,45,46)(H2,43,44,55);(H4,2,3,4)/t20-,24+,28+,29-,31-,32+;/m0./s1. The summed E-state index contributed by atoms with van der Waals surface area (Å²) in [5, 5.41) is 54.4. The second kappa shape index (κ2) is 17.3. The number of nitrogens with zero attached hydrogens (tertiary/aromatic N) is 7. The van der Waals surface area contributed by atoms with Crippen molar-refractivity contribution < 1.29 is 39.6 Å². The molecule has 8 rings (SSSR count). The van der Waals surface area contributed by atoms with Gasteiger partial charge < -0.3 is 62.6 Å². The van der Waals surface area contributed by atoms with E-state index in [9.17, 15) is 34.8 Å². The van der Waals surface area contributed by atoms with Crippen LogP contribution in [0.1, 0.15) is 42.9 Å². The highest BCUT2D eigenvalue weighted by atomic mass is 16.3. The zero-order chi connectivity index (χ0) is 42.7. The van der Waals surface area contributed by atoms with Crippen LogP contribution in [0.2, 0.25) is 0 Å². The molecule has 0 unspecified atom stereocenters. The molecule has 5 heterocycles. The maximum atomic E-state index is 12.9. The molecule has 7 amide bonds. The van der Waals surface area contributed by atoms with Crippen LogP contribution < -0.4 is 37.6 Å². The number of aromatic hydroxyl groups is 2.